The monoisotopic (exact) mass is 244 g/mol. The largest absolute Gasteiger partial charge is 0.481 e. The number of carbonyl (C=O) groups excluding carboxylic acids is 2. The van der Waals surface area contributed by atoms with E-state index < -0.39 is 17.9 Å². The van der Waals surface area contributed by atoms with Crippen molar-refractivity contribution in [2.45, 2.75) is 46.1 Å². The molecule has 0 radical (unpaired) electrons. The number of hydrogen-bond donors (Lipinski definition) is 2. The summed E-state index contributed by atoms with van der Waals surface area (Å²) in [4.78, 5) is 34.7. The van der Waals surface area contributed by atoms with Crippen molar-refractivity contribution in [3.8, 4) is 0 Å². The first-order valence-corrected chi connectivity index (χ1v) is 5.70. The van der Waals surface area contributed by atoms with Gasteiger partial charge in [0.25, 0.3) is 0 Å². The van der Waals surface area contributed by atoms with Gasteiger partial charge in [-0.05, 0) is 27.2 Å². The molecule has 0 aromatic heterocycles. The standard InChI is InChI=1S/C11H20N2O4/c1-4-13(8(2)3)11(17)12-9(14)6-5-7-10(15)16/h8H,4-7H2,1-3H3,(H,15,16)(H,12,14,17). The second kappa shape index (κ2) is 7.65. The molecule has 98 valence electrons. The first-order chi connectivity index (χ1) is 7.88. The lowest BCUT2D eigenvalue weighted by Gasteiger charge is -2.24. The summed E-state index contributed by atoms with van der Waals surface area (Å²) in [7, 11) is 0. The van der Waals surface area contributed by atoms with Gasteiger partial charge < -0.3 is 10.0 Å². The van der Waals surface area contributed by atoms with E-state index in [1.807, 2.05) is 20.8 Å². The number of carboxylic acids is 1. The Bertz CT molecular complexity index is 289. The summed E-state index contributed by atoms with van der Waals surface area (Å²) in [5.74, 6) is -1.38. The highest BCUT2D eigenvalue weighted by Crippen LogP contribution is 1.99. The number of imide groups is 1. The van der Waals surface area contributed by atoms with Gasteiger partial charge in [0.2, 0.25) is 5.91 Å². The first kappa shape index (κ1) is 15.4. The Morgan fingerprint density at radius 3 is 2.24 bits per heavy atom. The normalized spacial score (nSPS) is 10.1. The number of carbonyl (C=O) groups is 3. The number of rotatable bonds is 6. The molecule has 0 fully saturated rings. The quantitative estimate of drug-likeness (QED) is 0.735. The molecule has 0 aliphatic heterocycles. The molecular weight excluding hydrogens is 224 g/mol. The van der Waals surface area contributed by atoms with E-state index in [9.17, 15) is 14.4 Å². The zero-order valence-corrected chi connectivity index (χ0v) is 10.5. The van der Waals surface area contributed by atoms with Crippen LogP contribution in [0.4, 0.5) is 4.79 Å². The SMILES string of the molecule is CCN(C(=O)NC(=O)CCCC(=O)O)C(C)C. The molecule has 3 amide bonds. The van der Waals surface area contributed by atoms with Crippen LogP contribution >= 0.6 is 0 Å². The van der Waals surface area contributed by atoms with Crippen LogP contribution < -0.4 is 5.32 Å². The van der Waals surface area contributed by atoms with Crippen LogP contribution in [-0.4, -0.2) is 40.5 Å². The van der Waals surface area contributed by atoms with Crippen molar-refractivity contribution in [1.29, 1.82) is 0 Å². The van der Waals surface area contributed by atoms with Gasteiger partial charge in [-0.25, -0.2) is 4.79 Å². The Labute approximate surface area is 101 Å². The maximum absolute atomic E-state index is 11.6. The minimum atomic E-state index is -0.943. The van der Waals surface area contributed by atoms with E-state index in [2.05, 4.69) is 5.32 Å². The molecule has 0 unspecified atom stereocenters. The van der Waals surface area contributed by atoms with Crippen LogP contribution in [0.25, 0.3) is 0 Å². The van der Waals surface area contributed by atoms with Gasteiger partial charge in [0.05, 0.1) is 0 Å². The molecule has 0 bridgehead atoms. The molecule has 0 aromatic rings. The predicted molar refractivity (Wildman–Crippen MR) is 62.5 cm³/mol. The van der Waals surface area contributed by atoms with Crippen LogP contribution in [0.15, 0.2) is 0 Å². The van der Waals surface area contributed by atoms with Crippen LogP contribution in [0, 0.1) is 0 Å². The van der Waals surface area contributed by atoms with E-state index in [0.717, 1.165) is 0 Å². The molecule has 6 nitrogen and oxygen atoms in total. The van der Waals surface area contributed by atoms with Crippen LogP contribution in [0.3, 0.4) is 0 Å². The number of amides is 3. The van der Waals surface area contributed by atoms with Gasteiger partial charge in [-0.1, -0.05) is 0 Å². The lowest BCUT2D eigenvalue weighted by molar-refractivity contribution is -0.137. The Balaban J connectivity index is 4.02. The third kappa shape index (κ3) is 6.55. The number of nitrogens with one attached hydrogen (secondary N) is 1. The molecule has 0 rings (SSSR count). The Morgan fingerprint density at radius 1 is 1.24 bits per heavy atom. The van der Waals surface area contributed by atoms with Gasteiger partial charge in [0.1, 0.15) is 0 Å². The van der Waals surface area contributed by atoms with E-state index in [1.165, 1.54) is 4.90 Å². The number of urea groups is 1. The maximum atomic E-state index is 11.6. The smallest absolute Gasteiger partial charge is 0.324 e. The van der Waals surface area contributed by atoms with Crippen LogP contribution in [-0.2, 0) is 9.59 Å². The van der Waals surface area contributed by atoms with E-state index >= 15 is 0 Å². The summed E-state index contributed by atoms with van der Waals surface area (Å²) in [6.07, 6.45) is 0.221. The third-order valence-corrected chi connectivity index (χ3v) is 2.27. The topological polar surface area (TPSA) is 86.7 Å². The summed E-state index contributed by atoms with van der Waals surface area (Å²) in [6.45, 7) is 6.07. The molecule has 2 N–H and O–H groups in total. The van der Waals surface area contributed by atoms with E-state index in [0.29, 0.717) is 6.54 Å². The fourth-order valence-corrected chi connectivity index (χ4v) is 1.40. The Morgan fingerprint density at radius 2 is 1.82 bits per heavy atom. The molecule has 0 aliphatic carbocycles. The van der Waals surface area contributed by atoms with E-state index in [-0.39, 0.29) is 25.3 Å². The second-order valence-electron chi connectivity index (χ2n) is 3.98. The fourth-order valence-electron chi connectivity index (χ4n) is 1.40. The highest BCUT2D eigenvalue weighted by Gasteiger charge is 2.17. The first-order valence-electron chi connectivity index (χ1n) is 5.70. The minimum absolute atomic E-state index is 0.0202. The lowest BCUT2D eigenvalue weighted by Crippen LogP contribution is -2.46. The zero-order chi connectivity index (χ0) is 13.4. The average Bonchev–Trinajstić information content (AvgIpc) is 2.16. The molecule has 0 heterocycles. The third-order valence-electron chi connectivity index (χ3n) is 2.27. The summed E-state index contributed by atoms with van der Waals surface area (Å²) in [5, 5.41) is 10.6. The van der Waals surface area contributed by atoms with Crippen molar-refractivity contribution in [3.05, 3.63) is 0 Å². The van der Waals surface area contributed by atoms with Gasteiger partial charge in [0.15, 0.2) is 0 Å². The summed E-state index contributed by atoms with van der Waals surface area (Å²) in [6, 6.07) is -0.408. The summed E-state index contributed by atoms with van der Waals surface area (Å²) >= 11 is 0. The van der Waals surface area contributed by atoms with Crippen molar-refractivity contribution >= 4 is 17.9 Å². The summed E-state index contributed by atoms with van der Waals surface area (Å²) < 4.78 is 0. The van der Waals surface area contributed by atoms with Crippen molar-refractivity contribution in [2.75, 3.05) is 6.54 Å². The molecule has 0 aliphatic rings. The van der Waals surface area contributed by atoms with Gasteiger partial charge in [0, 0.05) is 25.4 Å². The lowest BCUT2D eigenvalue weighted by atomic mass is 10.2. The van der Waals surface area contributed by atoms with Crippen molar-refractivity contribution < 1.29 is 19.5 Å². The number of nitrogens with zero attached hydrogens (tertiary/aromatic N) is 1. The minimum Gasteiger partial charge on any atom is -0.481 e. The number of aliphatic carboxylic acids is 1. The fraction of sp³-hybridized carbons (Fsp3) is 0.727. The molecule has 0 saturated heterocycles. The van der Waals surface area contributed by atoms with Gasteiger partial charge in [-0.3, -0.25) is 14.9 Å². The highest BCUT2D eigenvalue weighted by molar-refractivity contribution is 5.94. The van der Waals surface area contributed by atoms with Gasteiger partial charge >= 0.3 is 12.0 Å². The molecule has 0 atom stereocenters. The Kier molecular flexibility index (Phi) is 6.93. The predicted octanol–water partition coefficient (Wildman–Crippen LogP) is 1.21. The van der Waals surface area contributed by atoms with Crippen molar-refractivity contribution in [2.24, 2.45) is 0 Å². The number of hydrogen-bond acceptors (Lipinski definition) is 3. The van der Waals surface area contributed by atoms with Crippen LogP contribution in [0.2, 0.25) is 0 Å². The second-order valence-corrected chi connectivity index (χ2v) is 3.98. The van der Waals surface area contributed by atoms with Crippen LogP contribution in [0.5, 0.6) is 0 Å². The molecule has 0 saturated carbocycles. The maximum Gasteiger partial charge on any atom is 0.324 e. The molecule has 6 heteroatoms. The molecular formula is C11H20N2O4. The molecule has 0 spiro atoms. The van der Waals surface area contributed by atoms with Gasteiger partial charge in [-0.15, -0.1) is 0 Å². The zero-order valence-electron chi connectivity index (χ0n) is 10.5. The van der Waals surface area contributed by atoms with Crippen molar-refractivity contribution in [3.63, 3.8) is 0 Å². The van der Waals surface area contributed by atoms with E-state index in [4.69, 9.17) is 5.11 Å². The molecule has 0 aromatic carbocycles. The van der Waals surface area contributed by atoms with Crippen molar-refractivity contribution in [1.82, 2.24) is 10.2 Å². The number of carboxylic acid groups (broad SMARTS) is 1. The average molecular weight is 244 g/mol. The highest BCUT2D eigenvalue weighted by atomic mass is 16.4. The van der Waals surface area contributed by atoms with Crippen LogP contribution in [0.1, 0.15) is 40.0 Å². The molecule has 17 heavy (non-hydrogen) atoms. The van der Waals surface area contributed by atoms with Gasteiger partial charge in [-0.2, -0.15) is 0 Å². The summed E-state index contributed by atoms with van der Waals surface area (Å²) in [5.41, 5.74) is 0. The van der Waals surface area contributed by atoms with E-state index in [1.54, 1.807) is 0 Å². The Hall–Kier alpha value is -1.59.